The van der Waals surface area contributed by atoms with Crippen LogP contribution in [0.25, 0.3) is 0 Å². The molecule has 2 heteroatoms. The monoisotopic (exact) mass is 227 g/mol. The van der Waals surface area contributed by atoms with Crippen LogP contribution < -0.4 is 0 Å². The zero-order chi connectivity index (χ0) is 11.7. The van der Waals surface area contributed by atoms with E-state index in [1.165, 1.54) is 5.56 Å². The number of rotatable bonds is 2. The van der Waals surface area contributed by atoms with Gasteiger partial charge in [-0.1, -0.05) is 48.6 Å². The average Bonchev–Trinajstić information content (AvgIpc) is 2.83. The summed E-state index contributed by atoms with van der Waals surface area (Å²) in [6.07, 6.45) is 7.60. The average molecular weight is 227 g/mol. The highest BCUT2D eigenvalue weighted by atomic mass is 16.5. The van der Waals surface area contributed by atoms with Crippen LogP contribution in [0.1, 0.15) is 18.0 Å². The Morgan fingerprint density at radius 3 is 2.88 bits per heavy atom. The first-order chi connectivity index (χ1) is 8.40. The summed E-state index contributed by atoms with van der Waals surface area (Å²) in [4.78, 5) is 2.42. The maximum atomic E-state index is 5.88. The quantitative estimate of drug-likeness (QED) is 0.720. The molecular formula is C15H17NO. The fraction of sp³-hybridized carbons (Fsp3) is 0.333. The van der Waals surface area contributed by atoms with Crippen molar-refractivity contribution in [2.45, 2.75) is 24.7 Å². The summed E-state index contributed by atoms with van der Waals surface area (Å²) >= 11 is 0. The second-order valence-electron chi connectivity index (χ2n) is 4.55. The van der Waals surface area contributed by atoms with Crippen molar-refractivity contribution in [3.8, 4) is 0 Å². The lowest BCUT2D eigenvalue weighted by Crippen LogP contribution is -2.41. The Hall–Kier alpha value is -1.38. The largest absolute Gasteiger partial charge is 0.361 e. The summed E-state index contributed by atoms with van der Waals surface area (Å²) in [7, 11) is 0. The summed E-state index contributed by atoms with van der Waals surface area (Å²) in [6, 6.07) is 11.2. The highest BCUT2D eigenvalue weighted by Gasteiger charge is 2.39. The molecule has 0 spiro atoms. The molecule has 0 bridgehead atoms. The first-order valence-electron chi connectivity index (χ1n) is 6.13. The molecule has 1 unspecified atom stereocenters. The third kappa shape index (κ3) is 1.84. The van der Waals surface area contributed by atoms with Crippen LogP contribution >= 0.6 is 0 Å². The van der Waals surface area contributed by atoms with Crippen molar-refractivity contribution < 1.29 is 4.74 Å². The molecule has 3 rings (SSSR count). The van der Waals surface area contributed by atoms with Crippen molar-refractivity contribution in [1.29, 1.82) is 0 Å². The highest BCUT2D eigenvalue weighted by molar-refractivity contribution is 5.23. The zero-order valence-electron chi connectivity index (χ0n) is 9.83. The van der Waals surface area contributed by atoms with E-state index in [1.807, 2.05) is 6.08 Å². The summed E-state index contributed by atoms with van der Waals surface area (Å²) in [6.45, 7) is 4.70. The predicted molar refractivity (Wildman–Crippen MR) is 68.5 cm³/mol. The standard InChI is InChI=1S/C15H17NO/c1-2-13-9-6-10-15-16(13)14(11-17-15)12-7-4-3-5-8-12/h2-9,13-15H,1,10-11H2/t13-,14+,15?/m1/s1. The number of ether oxygens (including phenoxy) is 1. The lowest BCUT2D eigenvalue weighted by Gasteiger charge is -2.34. The Balaban J connectivity index is 1.92. The lowest BCUT2D eigenvalue weighted by molar-refractivity contribution is 0.0218. The maximum Gasteiger partial charge on any atom is 0.115 e. The summed E-state index contributed by atoms with van der Waals surface area (Å²) in [5.41, 5.74) is 1.33. The van der Waals surface area contributed by atoms with Crippen LogP contribution in [-0.2, 0) is 4.74 Å². The molecule has 0 aromatic heterocycles. The van der Waals surface area contributed by atoms with Gasteiger partial charge in [0.15, 0.2) is 0 Å². The van der Waals surface area contributed by atoms with Crippen LogP contribution in [0.4, 0.5) is 0 Å². The molecule has 2 aliphatic rings. The molecule has 2 aliphatic heterocycles. The lowest BCUT2D eigenvalue weighted by atomic mass is 10.0. The third-order valence-electron chi connectivity index (χ3n) is 3.58. The van der Waals surface area contributed by atoms with Crippen LogP contribution in [-0.4, -0.2) is 23.8 Å². The van der Waals surface area contributed by atoms with Crippen LogP contribution in [0.2, 0.25) is 0 Å². The number of hydrogen-bond donors (Lipinski definition) is 0. The van der Waals surface area contributed by atoms with E-state index in [2.05, 4.69) is 54.0 Å². The van der Waals surface area contributed by atoms with Gasteiger partial charge in [-0.2, -0.15) is 0 Å². The van der Waals surface area contributed by atoms with Crippen molar-refractivity contribution >= 4 is 0 Å². The minimum Gasteiger partial charge on any atom is -0.361 e. The first kappa shape index (κ1) is 10.8. The van der Waals surface area contributed by atoms with E-state index >= 15 is 0 Å². The molecule has 88 valence electrons. The normalized spacial score (nSPS) is 32.4. The molecule has 1 fully saturated rings. The van der Waals surface area contributed by atoms with E-state index in [0.717, 1.165) is 13.0 Å². The highest BCUT2D eigenvalue weighted by Crippen LogP contribution is 2.36. The molecule has 0 saturated carbocycles. The van der Waals surface area contributed by atoms with Gasteiger partial charge in [-0.15, -0.1) is 6.58 Å². The fourth-order valence-electron chi connectivity index (χ4n) is 2.74. The molecule has 2 heterocycles. The molecule has 0 N–H and O–H groups in total. The first-order valence-corrected chi connectivity index (χ1v) is 6.13. The van der Waals surface area contributed by atoms with Gasteiger partial charge in [0, 0.05) is 12.5 Å². The van der Waals surface area contributed by atoms with Crippen LogP contribution in [0.15, 0.2) is 55.1 Å². The van der Waals surface area contributed by atoms with Crippen molar-refractivity contribution in [3.05, 3.63) is 60.7 Å². The zero-order valence-corrected chi connectivity index (χ0v) is 9.83. The van der Waals surface area contributed by atoms with Crippen LogP contribution in [0.5, 0.6) is 0 Å². The number of benzene rings is 1. The molecule has 1 saturated heterocycles. The topological polar surface area (TPSA) is 12.5 Å². The van der Waals surface area contributed by atoms with Gasteiger partial charge in [-0.3, -0.25) is 4.90 Å². The number of hydrogen-bond acceptors (Lipinski definition) is 2. The van der Waals surface area contributed by atoms with E-state index in [4.69, 9.17) is 4.74 Å². The summed E-state index contributed by atoms with van der Waals surface area (Å²) in [5, 5.41) is 0. The smallest absolute Gasteiger partial charge is 0.115 e. The molecule has 0 radical (unpaired) electrons. The summed E-state index contributed by atoms with van der Waals surface area (Å²) < 4.78 is 5.88. The van der Waals surface area contributed by atoms with Crippen LogP contribution in [0.3, 0.4) is 0 Å². The fourth-order valence-corrected chi connectivity index (χ4v) is 2.74. The van der Waals surface area contributed by atoms with Gasteiger partial charge in [0.05, 0.1) is 12.6 Å². The van der Waals surface area contributed by atoms with E-state index < -0.39 is 0 Å². The van der Waals surface area contributed by atoms with E-state index in [9.17, 15) is 0 Å². The van der Waals surface area contributed by atoms with Crippen LogP contribution in [0, 0.1) is 0 Å². The number of fused-ring (bicyclic) bond motifs is 1. The Morgan fingerprint density at radius 1 is 1.29 bits per heavy atom. The molecule has 0 amide bonds. The minimum atomic E-state index is 0.216. The molecule has 1 aromatic rings. The van der Waals surface area contributed by atoms with Crippen molar-refractivity contribution in [1.82, 2.24) is 4.90 Å². The molecule has 3 atom stereocenters. The summed E-state index contributed by atoms with van der Waals surface area (Å²) in [5.74, 6) is 0. The molecule has 1 aromatic carbocycles. The Kier molecular flexibility index (Phi) is 2.83. The van der Waals surface area contributed by atoms with Crippen molar-refractivity contribution in [2.75, 3.05) is 6.61 Å². The van der Waals surface area contributed by atoms with Gasteiger partial charge in [-0.05, 0) is 5.56 Å². The molecular weight excluding hydrogens is 210 g/mol. The Bertz CT molecular complexity index is 426. The van der Waals surface area contributed by atoms with E-state index in [0.29, 0.717) is 12.1 Å². The molecule has 17 heavy (non-hydrogen) atoms. The second-order valence-corrected chi connectivity index (χ2v) is 4.55. The molecule has 0 aliphatic carbocycles. The predicted octanol–water partition coefficient (Wildman–Crippen LogP) is 2.90. The minimum absolute atomic E-state index is 0.216. The maximum absolute atomic E-state index is 5.88. The van der Waals surface area contributed by atoms with Gasteiger partial charge in [-0.25, -0.2) is 0 Å². The molecule has 2 nitrogen and oxygen atoms in total. The van der Waals surface area contributed by atoms with Crippen molar-refractivity contribution in [3.63, 3.8) is 0 Å². The van der Waals surface area contributed by atoms with Gasteiger partial charge in [0.2, 0.25) is 0 Å². The van der Waals surface area contributed by atoms with Gasteiger partial charge < -0.3 is 4.74 Å². The third-order valence-corrected chi connectivity index (χ3v) is 3.58. The Labute approximate surface area is 102 Å². The van der Waals surface area contributed by atoms with E-state index in [-0.39, 0.29) is 6.23 Å². The van der Waals surface area contributed by atoms with E-state index in [1.54, 1.807) is 0 Å². The van der Waals surface area contributed by atoms with Crippen molar-refractivity contribution in [2.24, 2.45) is 0 Å². The number of nitrogens with zero attached hydrogens (tertiary/aromatic N) is 1. The SMILES string of the molecule is C=C[C@@H]1C=CCC2OC[C@@H](c3ccccc3)N21. The van der Waals surface area contributed by atoms with Gasteiger partial charge >= 0.3 is 0 Å². The second kappa shape index (κ2) is 4.47. The van der Waals surface area contributed by atoms with Gasteiger partial charge in [0.25, 0.3) is 0 Å². The van der Waals surface area contributed by atoms with Gasteiger partial charge in [0.1, 0.15) is 6.23 Å². The Morgan fingerprint density at radius 2 is 2.12 bits per heavy atom.